The van der Waals surface area contributed by atoms with Gasteiger partial charge in [-0.25, -0.2) is 9.78 Å². The minimum absolute atomic E-state index is 0.0179. The van der Waals surface area contributed by atoms with E-state index in [2.05, 4.69) is 15.6 Å². The monoisotopic (exact) mass is 587 g/mol. The first kappa shape index (κ1) is 32.0. The average Bonchev–Trinajstić information content (AvgIpc) is 3.38. The smallest absolute Gasteiger partial charge is 0.407 e. The molecule has 2 aromatic rings. The van der Waals surface area contributed by atoms with Crippen LogP contribution < -0.4 is 16.4 Å². The van der Waals surface area contributed by atoms with Crippen molar-refractivity contribution in [2.75, 3.05) is 24.6 Å². The summed E-state index contributed by atoms with van der Waals surface area (Å²) < 4.78 is 9.54. The van der Waals surface area contributed by atoms with Gasteiger partial charge in [0.2, 0.25) is 11.8 Å². The van der Waals surface area contributed by atoms with Gasteiger partial charge >= 0.3 is 12.1 Å². The van der Waals surface area contributed by atoms with Crippen LogP contribution in [0.1, 0.15) is 59.9 Å². The second-order valence-corrected chi connectivity index (χ2v) is 13.1. The van der Waals surface area contributed by atoms with Crippen LogP contribution in [0, 0.1) is 0 Å². The lowest BCUT2D eigenvalue weighted by Gasteiger charge is -2.37. The van der Waals surface area contributed by atoms with Gasteiger partial charge in [-0.3, -0.25) is 14.4 Å². The number of amides is 3. The van der Waals surface area contributed by atoms with Crippen LogP contribution in [0.3, 0.4) is 0 Å². The molecule has 0 bridgehead atoms. The fraction of sp³-hybridized carbons (Fsp3) is 0.552. The first-order valence-corrected chi connectivity index (χ1v) is 14.7. The van der Waals surface area contributed by atoms with Gasteiger partial charge in [0, 0.05) is 29.4 Å². The number of aromatic nitrogens is 1. The minimum Gasteiger partial charge on any atom is -0.459 e. The first-order valence-electron chi connectivity index (χ1n) is 13.7. The number of benzene rings is 1. The van der Waals surface area contributed by atoms with E-state index >= 15 is 0 Å². The molecule has 3 amide bonds. The molecule has 1 aliphatic heterocycles. The number of alkyl carbamates (subject to hydrolysis) is 1. The van der Waals surface area contributed by atoms with E-state index in [1.165, 1.54) is 16.7 Å². The maximum Gasteiger partial charge on any atom is 0.407 e. The molecule has 1 fully saturated rings. The molecule has 0 spiro atoms. The third-order valence-corrected chi connectivity index (χ3v) is 7.99. The number of hydrogen-bond acceptors (Lipinski definition) is 9. The van der Waals surface area contributed by atoms with Crippen LogP contribution >= 0.6 is 11.8 Å². The van der Waals surface area contributed by atoms with E-state index in [4.69, 9.17) is 15.2 Å². The number of rotatable bonds is 10. The summed E-state index contributed by atoms with van der Waals surface area (Å²) in [6, 6.07) is 5.79. The van der Waals surface area contributed by atoms with E-state index in [0.717, 1.165) is 16.3 Å². The van der Waals surface area contributed by atoms with Gasteiger partial charge in [-0.1, -0.05) is 12.1 Å². The summed E-state index contributed by atoms with van der Waals surface area (Å²) >= 11 is 1.20. The molecule has 1 unspecified atom stereocenters. The molecule has 1 aromatic heterocycles. The van der Waals surface area contributed by atoms with Gasteiger partial charge < -0.3 is 30.7 Å². The number of esters is 1. The highest BCUT2D eigenvalue weighted by Crippen LogP contribution is 2.32. The number of carbonyl (C=O) groups excluding carboxylic acids is 4. The normalized spacial score (nSPS) is 16.2. The zero-order valence-corrected chi connectivity index (χ0v) is 25.4. The highest BCUT2D eigenvalue weighted by molar-refractivity contribution is 8.01. The van der Waals surface area contributed by atoms with Gasteiger partial charge in [0.15, 0.2) is 0 Å². The summed E-state index contributed by atoms with van der Waals surface area (Å²) in [7, 11) is 0. The number of likely N-dealkylation sites (tertiary alicyclic amines) is 1. The molecule has 41 heavy (non-hydrogen) atoms. The SMILES string of the molecule is CCOC(=O)N[C@H](C(=O)N1CCCC1C(=O)NCc1ccc2c(N)nccc2c1)C(C)(C)SCC(=O)OC(C)(C)C. The largest absolute Gasteiger partial charge is 0.459 e. The third-order valence-electron chi connectivity index (χ3n) is 6.63. The van der Waals surface area contributed by atoms with Gasteiger partial charge in [-0.05, 0) is 77.5 Å². The second-order valence-electron chi connectivity index (χ2n) is 11.4. The molecular weight excluding hydrogens is 546 g/mol. The van der Waals surface area contributed by atoms with Crippen molar-refractivity contribution in [3.05, 3.63) is 36.0 Å². The Balaban J connectivity index is 1.72. The fourth-order valence-electron chi connectivity index (χ4n) is 4.66. The van der Waals surface area contributed by atoms with E-state index in [-0.39, 0.29) is 24.8 Å². The number of anilines is 1. The zero-order chi connectivity index (χ0) is 30.4. The first-order chi connectivity index (χ1) is 19.2. The lowest BCUT2D eigenvalue weighted by molar-refractivity contribution is -0.151. The van der Waals surface area contributed by atoms with Crippen LogP contribution in [-0.2, 0) is 30.4 Å². The molecule has 1 saturated heterocycles. The Morgan fingerprint density at radius 3 is 2.59 bits per heavy atom. The van der Waals surface area contributed by atoms with E-state index in [9.17, 15) is 19.2 Å². The van der Waals surface area contributed by atoms with E-state index in [1.807, 2.05) is 24.3 Å². The predicted octanol–water partition coefficient (Wildman–Crippen LogP) is 3.39. The molecule has 2 atom stereocenters. The van der Waals surface area contributed by atoms with Crippen molar-refractivity contribution in [3.8, 4) is 0 Å². The van der Waals surface area contributed by atoms with Gasteiger partial charge in [0.25, 0.3) is 0 Å². The Kier molecular flexibility index (Phi) is 10.5. The van der Waals surface area contributed by atoms with Crippen molar-refractivity contribution >= 4 is 52.2 Å². The summed E-state index contributed by atoms with van der Waals surface area (Å²) in [6.07, 6.45) is 2.03. The number of nitrogen functional groups attached to an aromatic ring is 1. The average molecular weight is 588 g/mol. The van der Waals surface area contributed by atoms with Crippen LogP contribution in [0.25, 0.3) is 10.8 Å². The number of fused-ring (bicyclic) bond motifs is 1. The Labute approximate surface area is 245 Å². The topological polar surface area (TPSA) is 153 Å². The van der Waals surface area contributed by atoms with Crippen molar-refractivity contribution in [2.24, 2.45) is 0 Å². The highest BCUT2D eigenvalue weighted by Gasteiger charge is 2.44. The summed E-state index contributed by atoms with van der Waals surface area (Å²) in [5, 5.41) is 7.37. The number of carbonyl (C=O) groups is 4. The highest BCUT2D eigenvalue weighted by atomic mass is 32.2. The van der Waals surface area contributed by atoms with Gasteiger partial charge in [-0.2, -0.15) is 0 Å². The van der Waals surface area contributed by atoms with Crippen molar-refractivity contribution in [2.45, 2.75) is 83.4 Å². The Bertz CT molecular complexity index is 1280. The molecule has 0 aliphatic carbocycles. The van der Waals surface area contributed by atoms with Crippen LogP contribution in [0.5, 0.6) is 0 Å². The molecule has 0 saturated carbocycles. The summed E-state index contributed by atoms with van der Waals surface area (Å²) in [6.45, 7) is 11.3. The van der Waals surface area contributed by atoms with Crippen LogP contribution in [-0.4, -0.2) is 75.1 Å². The molecular formula is C29H41N5O6S. The number of pyridine rings is 1. The number of hydrogen-bond donors (Lipinski definition) is 3. The van der Waals surface area contributed by atoms with Gasteiger partial charge in [0.05, 0.1) is 12.4 Å². The number of nitrogens with two attached hydrogens (primary N) is 1. The van der Waals surface area contributed by atoms with Crippen LogP contribution in [0.4, 0.5) is 10.6 Å². The molecule has 4 N–H and O–H groups in total. The van der Waals surface area contributed by atoms with Crippen molar-refractivity contribution in [3.63, 3.8) is 0 Å². The lowest BCUT2D eigenvalue weighted by Crippen LogP contribution is -2.60. The molecule has 0 radical (unpaired) electrons. The zero-order valence-electron chi connectivity index (χ0n) is 24.6. The number of ether oxygens (including phenoxy) is 2. The molecule has 2 heterocycles. The summed E-state index contributed by atoms with van der Waals surface area (Å²) in [5.74, 6) is -0.693. The number of nitrogens with zero attached hydrogens (tertiary/aromatic N) is 2. The molecule has 224 valence electrons. The standard InChI is InChI=1S/C29H41N5O6S/c1-7-39-27(38)33-23(29(5,6)41-17-22(35)40-28(2,3)4)26(37)34-14-8-9-21(34)25(36)32-16-18-10-11-20-19(15-18)12-13-31-24(20)30/h10-13,15,21,23H,7-9,14,16-17H2,1-6H3,(H2,30,31)(H,32,36)(H,33,38)/t21?,23-/m1/s1. The number of nitrogens with one attached hydrogen (secondary N) is 2. The minimum atomic E-state index is -1.05. The Morgan fingerprint density at radius 1 is 1.17 bits per heavy atom. The lowest BCUT2D eigenvalue weighted by atomic mass is 10.0. The molecule has 12 heteroatoms. The van der Waals surface area contributed by atoms with Gasteiger partial charge in [0.1, 0.15) is 23.5 Å². The van der Waals surface area contributed by atoms with E-state index in [0.29, 0.717) is 25.2 Å². The van der Waals surface area contributed by atoms with Gasteiger partial charge in [-0.15, -0.1) is 11.8 Å². The number of thioether (sulfide) groups is 1. The van der Waals surface area contributed by atoms with E-state index in [1.54, 1.807) is 47.7 Å². The predicted molar refractivity (Wildman–Crippen MR) is 159 cm³/mol. The third kappa shape index (κ3) is 8.72. The van der Waals surface area contributed by atoms with Crippen LogP contribution in [0.15, 0.2) is 30.5 Å². The summed E-state index contributed by atoms with van der Waals surface area (Å²) in [4.78, 5) is 57.6. The fourth-order valence-corrected chi connectivity index (χ4v) is 5.53. The Hall–Kier alpha value is -3.54. The quantitative estimate of drug-likeness (QED) is 0.355. The second kappa shape index (κ2) is 13.4. The molecule has 1 aliphatic rings. The van der Waals surface area contributed by atoms with Crippen molar-refractivity contribution in [1.82, 2.24) is 20.5 Å². The van der Waals surface area contributed by atoms with Crippen molar-refractivity contribution in [1.29, 1.82) is 0 Å². The van der Waals surface area contributed by atoms with Crippen LogP contribution in [0.2, 0.25) is 0 Å². The van der Waals surface area contributed by atoms with E-state index < -0.39 is 40.4 Å². The molecule has 1 aromatic carbocycles. The maximum absolute atomic E-state index is 13.9. The molecule has 11 nitrogen and oxygen atoms in total. The summed E-state index contributed by atoms with van der Waals surface area (Å²) in [5.41, 5.74) is 6.18. The van der Waals surface area contributed by atoms with Crippen molar-refractivity contribution < 1.29 is 28.7 Å². The molecule has 3 rings (SSSR count). The maximum atomic E-state index is 13.9. The Morgan fingerprint density at radius 2 is 1.90 bits per heavy atom.